The molecule has 1 aliphatic carbocycles. The van der Waals surface area contributed by atoms with Crippen molar-refractivity contribution in [2.45, 2.75) is 5.41 Å². The summed E-state index contributed by atoms with van der Waals surface area (Å²) in [4.78, 5) is 2.40. The number of furan rings is 1. The molecule has 0 radical (unpaired) electrons. The second-order valence-corrected chi connectivity index (χ2v) is 19.4. The standard InChI is InChI=1S/C67H43NOS/c1-3-14-49(15-4-1)67(50-16-5-2-6-17-50)61-23-10-7-18-55(61)60-43-53(39-41-62(60)67)68(52-37-32-46(33-38-52)48-34-40-57-56-19-8-11-24-63(56)69-64(57)42-48)51-35-30-45(31-36-51)44-26-28-47(29-27-44)54-21-13-22-59-58-20-9-12-25-65(58)70-66(54)59/h1-43H. The van der Waals surface area contributed by atoms with Gasteiger partial charge in [-0.3, -0.25) is 0 Å². The molecule has 0 bridgehead atoms. The van der Waals surface area contributed by atoms with Gasteiger partial charge in [-0.25, -0.2) is 0 Å². The van der Waals surface area contributed by atoms with Crippen molar-refractivity contribution in [3.05, 3.63) is 283 Å². The molecule has 2 heterocycles. The molecule has 3 heteroatoms. The van der Waals surface area contributed by atoms with Gasteiger partial charge in [0.1, 0.15) is 11.2 Å². The number of anilines is 3. The number of benzene rings is 11. The fraction of sp³-hybridized carbons (Fsp3) is 0.0149. The minimum absolute atomic E-state index is 0.470. The third kappa shape index (κ3) is 6.32. The summed E-state index contributed by atoms with van der Waals surface area (Å²) in [7, 11) is 0. The Morgan fingerprint density at radius 3 is 1.56 bits per heavy atom. The van der Waals surface area contributed by atoms with Crippen LogP contribution < -0.4 is 4.90 Å². The van der Waals surface area contributed by atoms with Crippen molar-refractivity contribution in [3.8, 4) is 44.5 Å². The van der Waals surface area contributed by atoms with E-state index in [4.69, 9.17) is 4.42 Å². The van der Waals surface area contributed by atoms with Crippen molar-refractivity contribution >= 4 is 70.5 Å². The van der Waals surface area contributed by atoms with Crippen LogP contribution in [0.5, 0.6) is 0 Å². The van der Waals surface area contributed by atoms with Crippen molar-refractivity contribution in [3.63, 3.8) is 0 Å². The van der Waals surface area contributed by atoms with Crippen LogP contribution in [0.2, 0.25) is 0 Å². The van der Waals surface area contributed by atoms with E-state index in [-0.39, 0.29) is 0 Å². The zero-order valence-electron chi connectivity index (χ0n) is 38.1. The summed E-state index contributed by atoms with van der Waals surface area (Å²) in [5, 5.41) is 4.92. The summed E-state index contributed by atoms with van der Waals surface area (Å²) in [5.74, 6) is 0. The van der Waals surface area contributed by atoms with Crippen LogP contribution in [0.25, 0.3) is 86.6 Å². The second-order valence-electron chi connectivity index (χ2n) is 18.4. The molecule has 0 saturated carbocycles. The molecule has 0 spiro atoms. The van der Waals surface area contributed by atoms with E-state index in [0.717, 1.165) is 50.1 Å². The number of hydrogen-bond acceptors (Lipinski definition) is 3. The first-order valence-electron chi connectivity index (χ1n) is 24.0. The van der Waals surface area contributed by atoms with Gasteiger partial charge in [-0.15, -0.1) is 11.3 Å². The Kier molecular flexibility index (Phi) is 9.33. The molecule has 0 saturated heterocycles. The van der Waals surface area contributed by atoms with E-state index in [1.54, 1.807) is 0 Å². The van der Waals surface area contributed by atoms with E-state index in [2.05, 4.69) is 254 Å². The van der Waals surface area contributed by atoms with Crippen LogP contribution in [0.4, 0.5) is 17.1 Å². The lowest BCUT2D eigenvalue weighted by molar-refractivity contribution is 0.669. The summed E-state index contributed by atoms with van der Waals surface area (Å²) < 4.78 is 8.97. The van der Waals surface area contributed by atoms with Gasteiger partial charge >= 0.3 is 0 Å². The molecular weight excluding hydrogens is 867 g/mol. The van der Waals surface area contributed by atoms with Crippen molar-refractivity contribution in [2.24, 2.45) is 0 Å². The van der Waals surface area contributed by atoms with Gasteiger partial charge in [-0.05, 0) is 127 Å². The van der Waals surface area contributed by atoms with E-state index in [9.17, 15) is 0 Å². The van der Waals surface area contributed by atoms with Gasteiger partial charge < -0.3 is 9.32 Å². The Hall–Kier alpha value is -8.76. The lowest BCUT2D eigenvalue weighted by Crippen LogP contribution is -2.28. The molecule has 0 N–H and O–H groups in total. The van der Waals surface area contributed by atoms with Crippen LogP contribution >= 0.6 is 11.3 Å². The highest BCUT2D eigenvalue weighted by Crippen LogP contribution is 2.57. The highest BCUT2D eigenvalue weighted by Gasteiger charge is 2.46. The average Bonchev–Trinajstić information content (AvgIpc) is 4.10. The van der Waals surface area contributed by atoms with Crippen molar-refractivity contribution < 1.29 is 4.42 Å². The smallest absolute Gasteiger partial charge is 0.136 e. The Morgan fingerprint density at radius 2 is 0.829 bits per heavy atom. The average molecular weight is 910 g/mol. The maximum atomic E-state index is 6.31. The first kappa shape index (κ1) is 40.3. The molecule has 2 nitrogen and oxygen atoms in total. The number of nitrogens with zero attached hydrogens (tertiary/aromatic N) is 1. The molecular formula is C67H43NOS. The molecule has 1 aliphatic rings. The zero-order chi connectivity index (χ0) is 46.2. The van der Waals surface area contributed by atoms with E-state index in [0.29, 0.717) is 0 Å². The molecule has 0 unspecified atom stereocenters. The van der Waals surface area contributed by atoms with Gasteiger partial charge in [0.15, 0.2) is 0 Å². The number of hydrogen-bond donors (Lipinski definition) is 0. The summed E-state index contributed by atoms with van der Waals surface area (Å²) in [6.07, 6.45) is 0. The minimum atomic E-state index is -0.470. The van der Waals surface area contributed by atoms with Crippen LogP contribution in [-0.4, -0.2) is 0 Å². The quantitative estimate of drug-likeness (QED) is 0.151. The topological polar surface area (TPSA) is 16.4 Å². The van der Waals surface area contributed by atoms with Crippen LogP contribution in [0, 0.1) is 0 Å². The second kappa shape index (κ2) is 16.2. The number of para-hydroxylation sites is 1. The normalized spacial score (nSPS) is 12.7. The minimum Gasteiger partial charge on any atom is -0.456 e. The summed E-state index contributed by atoms with van der Waals surface area (Å²) in [6, 6.07) is 95.5. The van der Waals surface area contributed by atoms with Crippen LogP contribution in [-0.2, 0) is 5.41 Å². The summed E-state index contributed by atoms with van der Waals surface area (Å²) >= 11 is 1.88. The largest absolute Gasteiger partial charge is 0.456 e. The van der Waals surface area contributed by atoms with E-state index in [1.807, 2.05) is 23.5 Å². The first-order valence-corrected chi connectivity index (χ1v) is 24.8. The predicted molar refractivity (Wildman–Crippen MR) is 295 cm³/mol. The van der Waals surface area contributed by atoms with E-state index >= 15 is 0 Å². The molecule has 0 amide bonds. The van der Waals surface area contributed by atoms with E-state index < -0.39 is 5.41 Å². The maximum Gasteiger partial charge on any atom is 0.136 e. The third-order valence-corrected chi connectivity index (χ3v) is 15.8. The van der Waals surface area contributed by atoms with Gasteiger partial charge in [-0.1, -0.05) is 200 Å². The molecule has 2 aromatic heterocycles. The van der Waals surface area contributed by atoms with Gasteiger partial charge in [0.05, 0.1) is 5.41 Å². The molecule has 70 heavy (non-hydrogen) atoms. The first-order chi connectivity index (χ1) is 34.7. The van der Waals surface area contributed by atoms with Crippen LogP contribution in [0.3, 0.4) is 0 Å². The van der Waals surface area contributed by atoms with Crippen molar-refractivity contribution in [1.82, 2.24) is 0 Å². The zero-order valence-corrected chi connectivity index (χ0v) is 38.9. The molecule has 328 valence electrons. The molecule has 11 aromatic carbocycles. The maximum absolute atomic E-state index is 6.31. The molecule has 0 aliphatic heterocycles. The number of thiophene rings is 1. The SMILES string of the molecule is c1ccc(C2(c3ccccc3)c3ccccc3-c3cc(N(c4ccc(-c5ccc(-c6cccc7c6sc6ccccc67)cc5)cc4)c4ccc(-c5ccc6c(c5)oc5ccccc56)cc4)ccc32)cc1. The molecule has 0 fully saturated rings. The van der Waals surface area contributed by atoms with Crippen LogP contribution in [0.1, 0.15) is 22.3 Å². The fourth-order valence-electron chi connectivity index (χ4n) is 11.4. The van der Waals surface area contributed by atoms with E-state index in [1.165, 1.54) is 75.8 Å². The molecule has 0 atom stereocenters. The van der Waals surface area contributed by atoms with Gasteiger partial charge in [-0.2, -0.15) is 0 Å². The Bertz CT molecular complexity index is 4050. The third-order valence-electron chi connectivity index (χ3n) is 14.6. The lowest BCUT2D eigenvalue weighted by Gasteiger charge is -2.34. The predicted octanol–water partition coefficient (Wildman–Crippen LogP) is 18.8. The van der Waals surface area contributed by atoms with Crippen molar-refractivity contribution in [2.75, 3.05) is 4.90 Å². The Morgan fingerprint density at radius 1 is 0.314 bits per heavy atom. The number of fused-ring (bicyclic) bond motifs is 9. The van der Waals surface area contributed by atoms with Gasteiger partial charge in [0, 0.05) is 48.0 Å². The Labute approximate surface area is 410 Å². The number of rotatable bonds is 8. The summed E-state index contributed by atoms with van der Waals surface area (Å²) in [5.41, 5.74) is 19.3. The van der Waals surface area contributed by atoms with Crippen LogP contribution in [0.15, 0.2) is 265 Å². The molecule has 13 aromatic rings. The highest BCUT2D eigenvalue weighted by molar-refractivity contribution is 7.26. The molecule has 14 rings (SSSR count). The van der Waals surface area contributed by atoms with Gasteiger partial charge in [0.2, 0.25) is 0 Å². The Balaban J connectivity index is 0.872. The fourth-order valence-corrected chi connectivity index (χ4v) is 12.6. The lowest BCUT2D eigenvalue weighted by atomic mass is 9.68. The highest BCUT2D eigenvalue weighted by atomic mass is 32.1. The summed E-state index contributed by atoms with van der Waals surface area (Å²) in [6.45, 7) is 0. The van der Waals surface area contributed by atoms with Gasteiger partial charge in [0.25, 0.3) is 0 Å². The monoisotopic (exact) mass is 909 g/mol. The van der Waals surface area contributed by atoms with Crippen molar-refractivity contribution in [1.29, 1.82) is 0 Å².